The summed E-state index contributed by atoms with van der Waals surface area (Å²) >= 11 is 0. The normalized spacial score (nSPS) is 16.1. The molecule has 1 fully saturated rings. The second kappa shape index (κ2) is 5.98. The van der Waals surface area contributed by atoms with Crippen LogP contribution in [0.1, 0.15) is 12.8 Å². The lowest BCUT2D eigenvalue weighted by Crippen LogP contribution is -2.45. The van der Waals surface area contributed by atoms with Crippen molar-refractivity contribution >= 4 is 11.8 Å². The highest BCUT2D eigenvalue weighted by molar-refractivity contribution is 5.65. The van der Waals surface area contributed by atoms with Crippen molar-refractivity contribution in [2.45, 2.75) is 18.9 Å². The minimum absolute atomic E-state index is 0.00239. The Balaban J connectivity index is 2.05. The summed E-state index contributed by atoms with van der Waals surface area (Å²) in [6.45, 7) is 1.26. The molecular formula is C14H19FN2O3. The zero-order chi connectivity index (χ0) is 14.7. The minimum Gasteiger partial charge on any atom is -0.497 e. The molecule has 1 aliphatic heterocycles. The number of methoxy groups -OCH3 is 1. The van der Waals surface area contributed by atoms with Crippen molar-refractivity contribution in [2.24, 2.45) is 0 Å². The summed E-state index contributed by atoms with van der Waals surface area (Å²) in [6.07, 6.45) is 0.467. The van der Waals surface area contributed by atoms with Crippen LogP contribution >= 0.6 is 0 Å². The molecule has 1 heterocycles. The Morgan fingerprint density at radius 2 is 2.10 bits per heavy atom. The molecule has 1 aliphatic rings. The molecule has 5 nitrogen and oxygen atoms in total. The molecule has 0 aromatic heterocycles. The molecule has 1 aromatic rings. The van der Waals surface area contributed by atoms with Crippen molar-refractivity contribution in [3.05, 3.63) is 24.0 Å². The zero-order valence-electron chi connectivity index (χ0n) is 11.7. The summed E-state index contributed by atoms with van der Waals surface area (Å²) in [5, 5.41) is 8.97. The van der Waals surface area contributed by atoms with E-state index < -0.39 is 6.09 Å². The molecule has 20 heavy (non-hydrogen) atoms. The molecule has 110 valence electrons. The van der Waals surface area contributed by atoms with Gasteiger partial charge < -0.3 is 19.6 Å². The molecule has 0 spiro atoms. The van der Waals surface area contributed by atoms with Gasteiger partial charge >= 0.3 is 6.09 Å². The van der Waals surface area contributed by atoms with Crippen LogP contribution in [0, 0.1) is 5.82 Å². The Morgan fingerprint density at radius 1 is 1.45 bits per heavy atom. The highest BCUT2D eigenvalue weighted by atomic mass is 19.1. The largest absolute Gasteiger partial charge is 0.497 e. The topological polar surface area (TPSA) is 53.0 Å². The van der Waals surface area contributed by atoms with E-state index in [0.717, 1.165) is 0 Å². The van der Waals surface area contributed by atoms with Crippen LogP contribution in [-0.4, -0.2) is 49.4 Å². The molecule has 0 radical (unpaired) electrons. The lowest BCUT2D eigenvalue weighted by atomic mass is 10.0. The van der Waals surface area contributed by atoms with Crippen molar-refractivity contribution in [1.82, 2.24) is 4.90 Å². The summed E-state index contributed by atoms with van der Waals surface area (Å²) in [4.78, 5) is 14.2. The van der Waals surface area contributed by atoms with E-state index >= 15 is 0 Å². The van der Waals surface area contributed by atoms with E-state index in [4.69, 9.17) is 9.84 Å². The molecule has 0 unspecified atom stereocenters. The summed E-state index contributed by atoms with van der Waals surface area (Å²) in [6, 6.07) is 4.65. The highest BCUT2D eigenvalue weighted by Gasteiger charge is 2.26. The number of hydrogen-bond acceptors (Lipinski definition) is 3. The van der Waals surface area contributed by atoms with Gasteiger partial charge in [-0.2, -0.15) is 0 Å². The fraction of sp³-hybridized carbons (Fsp3) is 0.500. The number of carbonyl (C=O) groups is 1. The van der Waals surface area contributed by atoms with Crippen molar-refractivity contribution in [3.63, 3.8) is 0 Å². The second-order valence-electron chi connectivity index (χ2n) is 4.93. The molecule has 0 aliphatic carbocycles. The van der Waals surface area contributed by atoms with Gasteiger partial charge in [0.05, 0.1) is 12.8 Å². The lowest BCUT2D eigenvalue weighted by molar-refractivity contribution is 0.131. The molecule has 0 saturated carbocycles. The number of nitrogens with zero attached hydrogens (tertiary/aromatic N) is 2. The molecule has 1 amide bonds. The Bertz CT molecular complexity index is 487. The van der Waals surface area contributed by atoms with Gasteiger partial charge in [0.1, 0.15) is 11.6 Å². The standard InChI is InChI=1S/C14H19FN2O3/c1-16(14(18)19)10-5-7-17(8-6-10)13-9-11(20-2)3-4-12(13)15/h3-4,9-10H,5-8H2,1-2H3,(H,18,19). The first-order chi connectivity index (χ1) is 9.52. The van der Waals surface area contributed by atoms with Gasteiger partial charge in [0.25, 0.3) is 0 Å². The molecule has 1 aromatic carbocycles. The maximum Gasteiger partial charge on any atom is 0.407 e. The third kappa shape index (κ3) is 2.95. The third-order valence-electron chi connectivity index (χ3n) is 3.81. The summed E-state index contributed by atoms with van der Waals surface area (Å²) in [5.74, 6) is 0.335. The number of carboxylic acid groups (broad SMARTS) is 1. The molecule has 1 N–H and O–H groups in total. The predicted octanol–water partition coefficient (Wildman–Crippen LogP) is 2.41. The first kappa shape index (κ1) is 14.4. The maximum atomic E-state index is 13.9. The van der Waals surface area contributed by atoms with Gasteiger partial charge in [-0.25, -0.2) is 9.18 Å². The molecule has 6 heteroatoms. The number of hydrogen-bond donors (Lipinski definition) is 1. The quantitative estimate of drug-likeness (QED) is 0.925. The van der Waals surface area contributed by atoms with Crippen LogP contribution in [0.3, 0.4) is 0 Å². The smallest absolute Gasteiger partial charge is 0.407 e. The lowest BCUT2D eigenvalue weighted by Gasteiger charge is -2.36. The van der Waals surface area contributed by atoms with Gasteiger partial charge in [-0.1, -0.05) is 0 Å². The fourth-order valence-corrected chi connectivity index (χ4v) is 2.51. The summed E-state index contributed by atoms with van der Waals surface area (Å²) in [5.41, 5.74) is 0.515. The van der Waals surface area contributed by atoms with Gasteiger partial charge in [-0.3, -0.25) is 0 Å². The monoisotopic (exact) mass is 282 g/mol. The first-order valence-corrected chi connectivity index (χ1v) is 6.57. The summed E-state index contributed by atoms with van der Waals surface area (Å²) in [7, 11) is 3.12. The summed E-state index contributed by atoms with van der Waals surface area (Å²) < 4.78 is 19.0. The molecule has 0 bridgehead atoms. The number of ether oxygens (including phenoxy) is 1. The maximum absolute atomic E-state index is 13.9. The van der Waals surface area contributed by atoms with Crippen molar-refractivity contribution in [2.75, 3.05) is 32.1 Å². The van der Waals surface area contributed by atoms with Gasteiger partial charge in [-0.05, 0) is 25.0 Å². The van der Waals surface area contributed by atoms with E-state index in [9.17, 15) is 9.18 Å². The van der Waals surface area contributed by atoms with E-state index in [2.05, 4.69) is 0 Å². The Morgan fingerprint density at radius 3 is 2.65 bits per heavy atom. The SMILES string of the molecule is COc1ccc(F)c(N2CCC(N(C)C(=O)O)CC2)c1. The van der Waals surface area contributed by atoms with Crippen LogP contribution in [0.25, 0.3) is 0 Å². The molecule has 2 rings (SSSR count). The molecule has 1 saturated heterocycles. The third-order valence-corrected chi connectivity index (χ3v) is 3.81. The minimum atomic E-state index is -0.920. The predicted molar refractivity (Wildman–Crippen MR) is 74.0 cm³/mol. The number of benzene rings is 1. The van der Waals surface area contributed by atoms with Gasteiger partial charge in [0, 0.05) is 32.2 Å². The van der Waals surface area contributed by atoms with E-state index in [1.54, 1.807) is 26.3 Å². The van der Waals surface area contributed by atoms with Crippen LogP contribution in [-0.2, 0) is 0 Å². The molecule has 0 atom stereocenters. The number of piperidine rings is 1. The van der Waals surface area contributed by atoms with Crippen LogP contribution in [0.5, 0.6) is 5.75 Å². The Labute approximate surface area is 117 Å². The van der Waals surface area contributed by atoms with Crippen LogP contribution < -0.4 is 9.64 Å². The van der Waals surface area contributed by atoms with E-state index in [1.807, 2.05) is 4.90 Å². The van der Waals surface area contributed by atoms with E-state index in [1.165, 1.54) is 11.0 Å². The van der Waals surface area contributed by atoms with Crippen molar-refractivity contribution in [1.29, 1.82) is 0 Å². The zero-order valence-corrected chi connectivity index (χ0v) is 11.7. The highest BCUT2D eigenvalue weighted by Crippen LogP contribution is 2.28. The average molecular weight is 282 g/mol. The van der Waals surface area contributed by atoms with Crippen molar-refractivity contribution in [3.8, 4) is 5.75 Å². The first-order valence-electron chi connectivity index (χ1n) is 6.57. The van der Waals surface area contributed by atoms with Crippen LogP contribution in [0.15, 0.2) is 18.2 Å². The molecular weight excluding hydrogens is 263 g/mol. The number of halogens is 1. The Kier molecular flexibility index (Phi) is 4.32. The fourth-order valence-electron chi connectivity index (χ4n) is 2.51. The van der Waals surface area contributed by atoms with Gasteiger partial charge in [0.2, 0.25) is 0 Å². The second-order valence-corrected chi connectivity index (χ2v) is 4.93. The number of anilines is 1. The van der Waals surface area contributed by atoms with E-state index in [0.29, 0.717) is 37.4 Å². The van der Waals surface area contributed by atoms with Crippen LogP contribution in [0.2, 0.25) is 0 Å². The van der Waals surface area contributed by atoms with Gasteiger partial charge in [0.15, 0.2) is 0 Å². The Hall–Kier alpha value is -1.98. The van der Waals surface area contributed by atoms with Crippen molar-refractivity contribution < 1.29 is 19.0 Å². The number of rotatable bonds is 3. The van der Waals surface area contributed by atoms with Crippen LogP contribution in [0.4, 0.5) is 14.9 Å². The van der Waals surface area contributed by atoms with Gasteiger partial charge in [-0.15, -0.1) is 0 Å². The number of amides is 1. The van der Waals surface area contributed by atoms with E-state index in [-0.39, 0.29) is 11.9 Å². The average Bonchev–Trinajstić information content (AvgIpc) is 2.47.